The molecule has 1 aliphatic rings. The van der Waals surface area contributed by atoms with Crippen molar-refractivity contribution in [3.8, 4) is 0 Å². The lowest BCUT2D eigenvalue weighted by atomic mass is 9.97. The Labute approximate surface area is 125 Å². The van der Waals surface area contributed by atoms with Crippen LogP contribution < -0.4 is 5.73 Å². The monoisotopic (exact) mass is 285 g/mol. The number of fused-ring (bicyclic) bond motifs is 1. The molecule has 1 aromatic carbocycles. The molecule has 1 aromatic heterocycles. The maximum atomic E-state index is 12.6. The maximum absolute atomic E-state index is 12.6. The van der Waals surface area contributed by atoms with Crippen LogP contribution in [0.2, 0.25) is 0 Å². The van der Waals surface area contributed by atoms with Gasteiger partial charge in [-0.2, -0.15) is 0 Å². The molecule has 1 aliphatic heterocycles. The number of amides is 1. The minimum atomic E-state index is -0.102. The van der Waals surface area contributed by atoms with Gasteiger partial charge in [-0.3, -0.25) is 4.79 Å². The van der Waals surface area contributed by atoms with Gasteiger partial charge in [0.05, 0.1) is 6.04 Å². The average Bonchev–Trinajstić information content (AvgIpc) is 2.97. The number of hydrogen-bond acceptors (Lipinski definition) is 2. The number of rotatable bonds is 3. The normalized spacial score (nSPS) is 20.7. The third-order valence-electron chi connectivity index (χ3n) is 4.47. The first-order valence-electron chi connectivity index (χ1n) is 7.79. The molecule has 2 heterocycles. The largest absolute Gasteiger partial charge is 0.357 e. The van der Waals surface area contributed by atoms with E-state index in [0.717, 1.165) is 30.6 Å². The number of benzene rings is 1. The van der Waals surface area contributed by atoms with Crippen molar-refractivity contribution in [2.45, 2.75) is 32.2 Å². The van der Waals surface area contributed by atoms with Crippen LogP contribution in [-0.2, 0) is 4.79 Å². The summed E-state index contributed by atoms with van der Waals surface area (Å²) < 4.78 is 0. The molecule has 3 rings (SSSR count). The zero-order chi connectivity index (χ0) is 14.8. The van der Waals surface area contributed by atoms with Crippen molar-refractivity contribution < 1.29 is 4.79 Å². The highest BCUT2D eigenvalue weighted by Gasteiger charge is 2.30. The molecule has 0 radical (unpaired) electrons. The molecule has 1 saturated heterocycles. The molecule has 1 fully saturated rings. The van der Waals surface area contributed by atoms with Crippen LogP contribution in [0.3, 0.4) is 0 Å². The summed E-state index contributed by atoms with van der Waals surface area (Å²) in [5, 5.41) is 1.21. The number of nitrogens with two attached hydrogens (primary N) is 1. The summed E-state index contributed by atoms with van der Waals surface area (Å²) in [4.78, 5) is 18.1. The topological polar surface area (TPSA) is 62.1 Å². The van der Waals surface area contributed by atoms with Crippen molar-refractivity contribution in [1.29, 1.82) is 0 Å². The fraction of sp³-hybridized carbons (Fsp3) is 0.471. The lowest BCUT2D eigenvalue weighted by Crippen LogP contribution is -2.43. The second-order valence-electron chi connectivity index (χ2n) is 5.99. The van der Waals surface area contributed by atoms with Gasteiger partial charge in [-0.05, 0) is 36.8 Å². The molecule has 2 unspecified atom stereocenters. The minimum absolute atomic E-state index is 0.102. The predicted octanol–water partition coefficient (Wildman–Crippen LogP) is 2.82. The first-order chi connectivity index (χ1) is 10.2. The van der Waals surface area contributed by atoms with E-state index in [1.807, 2.05) is 24.0 Å². The predicted molar refractivity (Wildman–Crippen MR) is 84.8 cm³/mol. The number of nitrogens with zero attached hydrogens (tertiary/aromatic N) is 1. The van der Waals surface area contributed by atoms with Gasteiger partial charge in [0.1, 0.15) is 0 Å². The average molecular weight is 285 g/mol. The minimum Gasteiger partial charge on any atom is -0.357 e. The Morgan fingerprint density at radius 1 is 1.43 bits per heavy atom. The number of H-pyrrole nitrogens is 1. The van der Waals surface area contributed by atoms with Gasteiger partial charge in [-0.15, -0.1) is 0 Å². The summed E-state index contributed by atoms with van der Waals surface area (Å²) in [6, 6.07) is 10.6. The Kier molecular flexibility index (Phi) is 3.97. The van der Waals surface area contributed by atoms with Crippen LogP contribution in [0.25, 0.3) is 10.9 Å². The van der Waals surface area contributed by atoms with Crippen molar-refractivity contribution >= 4 is 16.8 Å². The number of aromatic nitrogens is 1. The van der Waals surface area contributed by atoms with E-state index in [1.165, 1.54) is 11.8 Å². The van der Waals surface area contributed by atoms with Crippen LogP contribution in [-0.4, -0.2) is 28.9 Å². The molecular weight excluding hydrogens is 262 g/mol. The highest BCUT2D eigenvalue weighted by Crippen LogP contribution is 2.33. The molecule has 2 atom stereocenters. The van der Waals surface area contributed by atoms with E-state index in [0.29, 0.717) is 6.54 Å². The summed E-state index contributed by atoms with van der Waals surface area (Å²) in [5.74, 6) is 0.0795. The number of para-hydroxylation sites is 1. The highest BCUT2D eigenvalue weighted by atomic mass is 16.2. The third-order valence-corrected chi connectivity index (χ3v) is 4.47. The lowest BCUT2D eigenvalue weighted by Gasteiger charge is -2.36. The Hall–Kier alpha value is -1.81. The molecular formula is C17H23N3O. The van der Waals surface area contributed by atoms with Gasteiger partial charge in [0.15, 0.2) is 0 Å². The van der Waals surface area contributed by atoms with Crippen molar-refractivity contribution in [3.05, 3.63) is 36.0 Å². The molecule has 4 nitrogen and oxygen atoms in total. The van der Waals surface area contributed by atoms with E-state index in [2.05, 4.69) is 23.2 Å². The molecule has 21 heavy (non-hydrogen) atoms. The lowest BCUT2D eigenvalue weighted by molar-refractivity contribution is -0.138. The Morgan fingerprint density at radius 3 is 3.00 bits per heavy atom. The summed E-state index contributed by atoms with van der Waals surface area (Å²) in [6.07, 6.45) is 3.27. The van der Waals surface area contributed by atoms with E-state index in [4.69, 9.17) is 5.73 Å². The van der Waals surface area contributed by atoms with E-state index >= 15 is 0 Å². The zero-order valence-corrected chi connectivity index (χ0v) is 12.5. The number of hydrogen-bond donors (Lipinski definition) is 2. The second-order valence-corrected chi connectivity index (χ2v) is 5.99. The number of nitrogens with one attached hydrogen (secondary N) is 1. The van der Waals surface area contributed by atoms with Crippen LogP contribution >= 0.6 is 0 Å². The maximum Gasteiger partial charge on any atom is 0.227 e. The van der Waals surface area contributed by atoms with E-state index in [-0.39, 0.29) is 17.9 Å². The van der Waals surface area contributed by atoms with E-state index < -0.39 is 0 Å². The van der Waals surface area contributed by atoms with E-state index in [9.17, 15) is 4.79 Å². The fourth-order valence-corrected chi connectivity index (χ4v) is 3.18. The molecule has 1 amide bonds. The van der Waals surface area contributed by atoms with E-state index in [1.54, 1.807) is 0 Å². The van der Waals surface area contributed by atoms with Crippen LogP contribution in [0, 0.1) is 5.92 Å². The summed E-state index contributed by atoms with van der Waals surface area (Å²) in [7, 11) is 0. The van der Waals surface area contributed by atoms with Gasteiger partial charge in [-0.1, -0.05) is 25.1 Å². The molecule has 0 spiro atoms. The van der Waals surface area contributed by atoms with Crippen LogP contribution in [0.1, 0.15) is 37.9 Å². The number of likely N-dealkylation sites (tertiary alicyclic amines) is 1. The highest BCUT2D eigenvalue weighted by molar-refractivity contribution is 5.82. The number of carbonyl (C=O) groups excluding carboxylic acids is 1. The second kappa shape index (κ2) is 5.90. The standard InChI is InChI=1S/C17H23N3O/c1-12(11-18)17(21)20-9-5-4-8-16(20)15-10-13-6-2-3-7-14(13)19-15/h2-3,6-7,10,12,16,19H,4-5,8-9,11,18H2,1H3. The van der Waals surface area contributed by atoms with Crippen LogP contribution in [0.4, 0.5) is 0 Å². The van der Waals surface area contributed by atoms with Crippen molar-refractivity contribution in [3.63, 3.8) is 0 Å². The van der Waals surface area contributed by atoms with Crippen LogP contribution in [0.15, 0.2) is 30.3 Å². The van der Waals surface area contributed by atoms with Gasteiger partial charge in [-0.25, -0.2) is 0 Å². The first-order valence-corrected chi connectivity index (χ1v) is 7.79. The molecule has 3 N–H and O–H groups in total. The van der Waals surface area contributed by atoms with Gasteiger partial charge in [0.25, 0.3) is 0 Å². The SMILES string of the molecule is CC(CN)C(=O)N1CCCCC1c1cc2ccccc2[nH]1. The Balaban J connectivity index is 1.91. The number of carbonyl (C=O) groups is 1. The summed E-state index contributed by atoms with van der Waals surface area (Å²) >= 11 is 0. The van der Waals surface area contributed by atoms with Crippen LogP contribution in [0.5, 0.6) is 0 Å². The quantitative estimate of drug-likeness (QED) is 0.911. The van der Waals surface area contributed by atoms with Crippen molar-refractivity contribution in [2.75, 3.05) is 13.1 Å². The molecule has 4 heteroatoms. The van der Waals surface area contributed by atoms with Gasteiger partial charge in [0, 0.05) is 30.2 Å². The Bertz CT molecular complexity index is 601. The summed E-state index contributed by atoms with van der Waals surface area (Å²) in [6.45, 7) is 3.16. The molecule has 112 valence electrons. The van der Waals surface area contributed by atoms with Crippen molar-refractivity contribution in [1.82, 2.24) is 9.88 Å². The van der Waals surface area contributed by atoms with Gasteiger partial charge < -0.3 is 15.6 Å². The zero-order valence-electron chi connectivity index (χ0n) is 12.5. The number of aromatic amines is 1. The molecule has 0 saturated carbocycles. The van der Waals surface area contributed by atoms with Crippen molar-refractivity contribution in [2.24, 2.45) is 11.7 Å². The van der Waals surface area contributed by atoms with Gasteiger partial charge in [0.2, 0.25) is 5.91 Å². The fourth-order valence-electron chi connectivity index (χ4n) is 3.18. The van der Waals surface area contributed by atoms with Gasteiger partial charge >= 0.3 is 0 Å². The molecule has 0 aliphatic carbocycles. The number of piperidine rings is 1. The smallest absolute Gasteiger partial charge is 0.227 e. The third kappa shape index (κ3) is 2.68. The first kappa shape index (κ1) is 14.1. The Morgan fingerprint density at radius 2 is 2.24 bits per heavy atom. The summed E-state index contributed by atoms with van der Waals surface area (Å²) in [5.41, 5.74) is 7.95. The molecule has 2 aromatic rings. The molecule has 0 bridgehead atoms.